The van der Waals surface area contributed by atoms with Crippen molar-refractivity contribution < 1.29 is 28.9 Å². The van der Waals surface area contributed by atoms with Crippen molar-refractivity contribution in [1.82, 2.24) is 4.90 Å². The Morgan fingerprint density at radius 1 is 1.18 bits per heavy atom. The minimum Gasteiger partial charge on any atom is -0.462 e. The smallest absolute Gasteiger partial charge is 0.336 e. The highest BCUT2D eigenvalue weighted by atomic mass is 16.6. The summed E-state index contributed by atoms with van der Waals surface area (Å²) in [5.41, 5.74) is -0.0360. The SMILES string of the molecule is CC1CCN([C@H]2C3=C[C@@H](OC3=O)[C@@H]3C(C)C(=O)O[C@H]3C[C@]3(C)O[C@H]3[C@@H]2O)CC1. The van der Waals surface area contributed by atoms with Gasteiger partial charge in [-0.05, 0) is 44.8 Å². The zero-order valence-electron chi connectivity index (χ0n) is 16.7. The van der Waals surface area contributed by atoms with Crippen LogP contribution in [0.2, 0.25) is 0 Å². The number of piperidine rings is 1. The Kier molecular flexibility index (Phi) is 4.17. The molecule has 0 spiro atoms. The van der Waals surface area contributed by atoms with E-state index in [1.165, 1.54) is 0 Å². The molecule has 2 bridgehead atoms. The Hall–Kier alpha value is -1.44. The number of likely N-dealkylation sites (tertiary alicyclic amines) is 1. The second kappa shape index (κ2) is 6.28. The number of nitrogens with zero attached hydrogens (tertiary/aromatic N) is 1. The summed E-state index contributed by atoms with van der Waals surface area (Å²) >= 11 is 0. The molecule has 1 N–H and O–H groups in total. The molecule has 28 heavy (non-hydrogen) atoms. The molecule has 7 heteroatoms. The van der Waals surface area contributed by atoms with Crippen molar-refractivity contribution in [2.75, 3.05) is 13.1 Å². The van der Waals surface area contributed by atoms with Crippen LogP contribution in [0.1, 0.15) is 40.0 Å². The van der Waals surface area contributed by atoms with Gasteiger partial charge in [-0.15, -0.1) is 0 Å². The zero-order chi connectivity index (χ0) is 19.8. The summed E-state index contributed by atoms with van der Waals surface area (Å²) in [7, 11) is 0. The summed E-state index contributed by atoms with van der Waals surface area (Å²) in [6, 6.07) is -0.429. The van der Waals surface area contributed by atoms with Gasteiger partial charge in [-0.2, -0.15) is 0 Å². The maximum absolute atomic E-state index is 12.8. The van der Waals surface area contributed by atoms with E-state index in [1.807, 2.05) is 19.9 Å². The topological polar surface area (TPSA) is 88.6 Å². The van der Waals surface area contributed by atoms with Crippen molar-refractivity contribution in [3.05, 3.63) is 11.6 Å². The molecule has 3 saturated heterocycles. The number of fused-ring (bicyclic) bond motifs is 4. The lowest BCUT2D eigenvalue weighted by Crippen LogP contribution is -2.52. The normalized spacial score (nSPS) is 49.0. The number of rotatable bonds is 1. The fraction of sp³-hybridized carbons (Fsp3) is 0.810. The molecule has 4 heterocycles. The van der Waals surface area contributed by atoms with Crippen molar-refractivity contribution in [3.8, 4) is 0 Å². The first-order chi connectivity index (χ1) is 13.3. The lowest BCUT2D eigenvalue weighted by atomic mass is 9.79. The first-order valence-electron chi connectivity index (χ1n) is 10.5. The Balaban J connectivity index is 1.53. The van der Waals surface area contributed by atoms with Gasteiger partial charge in [0.1, 0.15) is 24.4 Å². The second-order valence-corrected chi connectivity index (χ2v) is 9.54. The number of carbonyl (C=O) groups is 2. The third-order valence-corrected chi connectivity index (χ3v) is 7.56. The number of esters is 2. The van der Waals surface area contributed by atoms with E-state index in [4.69, 9.17) is 14.2 Å². The van der Waals surface area contributed by atoms with Crippen LogP contribution in [0.25, 0.3) is 0 Å². The molecule has 4 aliphatic heterocycles. The predicted molar refractivity (Wildman–Crippen MR) is 98.2 cm³/mol. The molecule has 154 valence electrons. The Morgan fingerprint density at radius 2 is 1.89 bits per heavy atom. The van der Waals surface area contributed by atoms with Gasteiger partial charge in [0.15, 0.2) is 0 Å². The molecule has 1 aliphatic carbocycles. The van der Waals surface area contributed by atoms with Crippen molar-refractivity contribution in [3.63, 3.8) is 0 Å². The van der Waals surface area contributed by atoms with E-state index in [2.05, 4.69) is 11.8 Å². The van der Waals surface area contributed by atoms with E-state index in [1.54, 1.807) is 0 Å². The lowest BCUT2D eigenvalue weighted by Gasteiger charge is -2.39. The summed E-state index contributed by atoms with van der Waals surface area (Å²) < 4.78 is 17.3. The monoisotopic (exact) mass is 391 g/mol. The van der Waals surface area contributed by atoms with Crippen molar-refractivity contribution in [1.29, 1.82) is 0 Å². The van der Waals surface area contributed by atoms with E-state index >= 15 is 0 Å². The summed E-state index contributed by atoms with van der Waals surface area (Å²) in [5, 5.41) is 11.2. The largest absolute Gasteiger partial charge is 0.462 e. The lowest BCUT2D eigenvalue weighted by molar-refractivity contribution is -0.144. The Morgan fingerprint density at radius 3 is 2.61 bits per heavy atom. The minimum absolute atomic E-state index is 0.215. The van der Waals surface area contributed by atoms with Crippen LogP contribution in [0, 0.1) is 17.8 Å². The van der Waals surface area contributed by atoms with Crippen LogP contribution in [-0.2, 0) is 23.8 Å². The molecule has 0 aromatic heterocycles. The van der Waals surface area contributed by atoms with Crippen LogP contribution in [0.3, 0.4) is 0 Å². The third kappa shape index (κ3) is 2.74. The minimum atomic E-state index is -0.818. The molecule has 1 unspecified atom stereocenters. The molecule has 7 nitrogen and oxygen atoms in total. The molecule has 0 amide bonds. The average molecular weight is 391 g/mol. The molecule has 0 radical (unpaired) electrons. The van der Waals surface area contributed by atoms with E-state index in [9.17, 15) is 14.7 Å². The van der Waals surface area contributed by atoms with Crippen molar-refractivity contribution in [2.45, 2.75) is 76.1 Å². The number of epoxide rings is 1. The number of hydrogen-bond donors (Lipinski definition) is 1. The quantitative estimate of drug-likeness (QED) is 0.528. The molecule has 3 fully saturated rings. The molecule has 0 aromatic carbocycles. The van der Waals surface area contributed by atoms with Gasteiger partial charge in [0.25, 0.3) is 0 Å². The fourth-order valence-electron chi connectivity index (χ4n) is 5.69. The highest BCUT2D eigenvalue weighted by Gasteiger charge is 2.64. The maximum atomic E-state index is 12.8. The van der Waals surface area contributed by atoms with Crippen molar-refractivity contribution in [2.24, 2.45) is 17.8 Å². The number of aliphatic hydroxyl groups is 1. The van der Waals surface area contributed by atoms with Gasteiger partial charge < -0.3 is 19.3 Å². The standard InChI is InChI=1S/C21H29NO6/c1-10-4-6-22(7-5-10)16-12-8-13(26-20(12)25)15-11(2)19(24)27-14(15)9-21(3)18(28-21)17(16)23/h8,10-11,13-18,23H,4-7,9H2,1-3H3/t11?,13-,14+,15+,16+,17-,18+,21+/m1/s1. The van der Waals surface area contributed by atoms with E-state index in [-0.39, 0.29) is 36.0 Å². The van der Waals surface area contributed by atoms with Gasteiger partial charge in [0.05, 0.1) is 23.1 Å². The molecule has 5 rings (SSSR count). The highest BCUT2D eigenvalue weighted by molar-refractivity contribution is 5.92. The maximum Gasteiger partial charge on any atom is 0.336 e. The molecule has 5 aliphatic rings. The summed E-state index contributed by atoms with van der Waals surface area (Å²) in [4.78, 5) is 27.3. The van der Waals surface area contributed by atoms with E-state index in [0.29, 0.717) is 17.9 Å². The summed E-state index contributed by atoms with van der Waals surface area (Å²) in [6.45, 7) is 7.71. The van der Waals surface area contributed by atoms with Crippen LogP contribution in [0.15, 0.2) is 11.6 Å². The van der Waals surface area contributed by atoms with Crippen molar-refractivity contribution >= 4 is 11.9 Å². The van der Waals surface area contributed by atoms with Crippen LogP contribution in [-0.4, -0.2) is 71.1 Å². The number of aliphatic hydroxyl groups excluding tert-OH is 1. The third-order valence-electron chi connectivity index (χ3n) is 7.56. The molecular formula is C21H29NO6. The van der Waals surface area contributed by atoms with Gasteiger partial charge in [-0.25, -0.2) is 4.79 Å². The number of hydrogen-bond acceptors (Lipinski definition) is 7. The molecule has 0 saturated carbocycles. The van der Waals surface area contributed by atoms with Crippen LogP contribution in [0.5, 0.6) is 0 Å². The average Bonchev–Trinajstić information content (AvgIpc) is 3.05. The van der Waals surface area contributed by atoms with Crippen LogP contribution < -0.4 is 0 Å². The van der Waals surface area contributed by atoms with Gasteiger partial charge >= 0.3 is 11.9 Å². The fourth-order valence-corrected chi connectivity index (χ4v) is 5.69. The Bertz CT molecular complexity index is 728. The van der Waals surface area contributed by atoms with Gasteiger partial charge in [0.2, 0.25) is 0 Å². The number of carbonyl (C=O) groups excluding carboxylic acids is 2. The second-order valence-electron chi connectivity index (χ2n) is 9.54. The van der Waals surface area contributed by atoms with Gasteiger partial charge in [0, 0.05) is 12.3 Å². The molecule has 0 aromatic rings. The number of ether oxygens (including phenoxy) is 3. The molecular weight excluding hydrogens is 362 g/mol. The Labute approximate surface area is 165 Å². The predicted octanol–water partition coefficient (Wildman–Crippen LogP) is 1.04. The molecule has 8 atom stereocenters. The van der Waals surface area contributed by atoms with Gasteiger partial charge in [-0.3, -0.25) is 9.69 Å². The van der Waals surface area contributed by atoms with E-state index in [0.717, 1.165) is 25.9 Å². The highest BCUT2D eigenvalue weighted by Crippen LogP contribution is 2.50. The first kappa shape index (κ1) is 18.6. The van der Waals surface area contributed by atoms with Crippen LogP contribution >= 0.6 is 0 Å². The van der Waals surface area contributed by atoms with E-state index < -0.39 is 23.9 Å². The van der Waals surface area contributed by atoms with Crippen LogP contribution in [0.4, 0.5) is 0 Å². The zero-order valence-corrected chi connectivity index (χ0v) is 16.7. The summed E-state index contributed by atoms with van der Waals surface area (Å²) in [6.07, 6.45) is 2.38. The first-order valence-corrected chi connectivity index (χ1v) is 10.5. The van der Waals surface area contributed by atoms with Gasteiger partial charge in [-0.1, -0.05) is 13.8 Å². The summed E-state index contributed by atoms with van der Waals surface area (Å²) in [5.74, 6) is -0.543.